The number of aryl methyl sites for hydroxylation is 1. The zero-order valence-corrected chi connectivity index (χ0v) is 13.4. The number of likely N-dealkylation sites (N-methyl/N-ethyl adjacent to an activating group) is 1. The predicted molar refractivity (Wildman–Crippen MR) is 81.2 cm³/mol. The average Bonchev–Trinajstić information content (AvgIpc) is 2.77. The topological polar surface area (TPSA) is 33.1 Å². The van der Waals surface area contributed by atoms with Crippen LogP contribution in [0.25, 0.3) is 0 Å². The molecule has 0 aliphatic heterocycles. The molecule has 0 aromatic carbocycles. The van der Waals surface area contributed by atoms with Gasteiger partial charge < -0.3 is 5.32 Å². The molecule has 1 aromatic heterocycles. The SMILES string of the molecule is CCCNC(c1ccnn1C)C(C)(C)N(CC)CC. The van der Waals surface area contributed by atoms with Gasteiger partial charge in [0.15, 0.2) is 0 Å². The lowest BCUT2D eigenvalue weighted by Crippen LogP contribution is -2.53. The molecule has 0 saturated carbocycles. The van der Waals surface area contributed by atoms with Crippen LogP contribution in [0, 0.1) is 0 Å². The zero-order valence-electron chi connectivity index (χ0n) is 13.4. The molecule has 110 valence electrons. The number of hydrogen-bond acceptors (Lipinski definition) is 3. The molecule has 0 radical (unpaired) electrons. The summed E-state index contributed by atoms with van der Waals surface area (Å²) in [7, 11) is 2.02. The monoisotopic (exact) mass is 266 g/mol. The predicted octanol–water partition coefficient (Wildman–Crippen LogP) is 2.58. The van der Waals surface area contributed by atoms with Gasteiger partial charge in [0, 0.05) is 18.8 Å². The van der Waals surface area contributed by atoms with E-state index >= 15 is 0 Å². The highest BCUT2D eigenvalue weighted by Crippen LogP contribution is 2.30. The summed E-state index contributed by atoms with van der Waals surface area (Å²) in [5.41, 5.74) is 1.32. The molecule has 4 nitrogen and oxygen atoms in total. The van der Waals surface area contributed by atoms with Crippen LogP contribution in [0.2, 0.25) is 0 Å². The van der Waals surface area contributed by atoms with Crippen LogP contribution in [0.4, 0.5) is 0 Å². The second kappa shape index (κ2) is 7.06. The molecule has 0 amide bonds. The van der Waals surface area contributed by atoms with Crippen molar-refractivity contribution in [3.05, 3.63) is 18.0 Å². The molecule has 0 fully saturated rings. The Morgan fingerprint density at radius 2 is 1.95 bits per heavy atom. The molecule has 0 saturated heterocycles. The minimum atomic E-state index is 0.0620. The van der Waals surface area contributed by atoms with Gasteiger partial charge in [-0.15, -0.1) is 0 Å². The summed E-state index contributed by atoms with van der Waals surface area (Å²) >= 11 is 0. The molecule has 1 heterocycles. The number of nitrogens with zero attached hydrogens (tertiary/aromatic N) is 3. The van der Waals surface area contributed by atoms with E-state index in [9.17, 15) is 0 Å². The molecule has 0 spiro atoms. The van der Waals surface area contributed by atoms with Crippen molar-refractivity contribution in [1.29, 1.82) is 0 Å². The summed E-state index contributed by atoms with van der Waals surface area (Å²) in [6.07, 6.45) is 3.02. The van der Waals surface area contributed by atoms with E-state index in [0.717, 1.165) is 26.1 Å². The van der Waals surface area contributed by atoms with Crippen molar-refractivity contribution in [2.45, 2.75) is 52.6 Å². The standard InChI is InChI=1S/C15H30N4/c1-7-11-16-14(13-10-12-17-18(13)6)15(4,5)19(8-2)9-3/h10,12,14,16H,7-9,11H2,1-6H3. The first-order valence-electron chi connectivity index (χ1n) is 7.45. The molecule has 4 heteroatoms. The van der Waals surface area contributed by atoms with Crippen molar-refractivity contribution in [2.24, 2.45) is 7.05 Å². The number of aromatic nitrogens is 2. The van der Waals surface area contributed by atoms with Crippen LogP contribution >= 0.6 is 0 Å². The molecule has 1 rings (SSSR count). The number of nitrogens with one attached hydrogen (secondary N) is 1. The Labute approximate surface area is 118 Å². The van der Waals surface area contributed by atoms with Crippen LogP contribution in [-0.2, 0) is 7.05 Å². The Balaban J connectivity index is 3.05. The van der Waals surface area contributed by atoms with Gasteiger partial charge in [-0.25, -0.2) is 0 Å². The highest BCUT2D eigenvalue weighted by atomic mass is 15.3. The third-order valence-electron chi connectivity index (χ3n) is 4.04. The van der Waals surface area contributed by atoms with Crippen LogP contribution in [-0.4, -0.2) is 39.9 Å². The van der Waals surface area contributed by atoms with Crippen molar-refractivity contribution in [1.82, 2.24) is 20.0 Å². The van der Waals surface area contributed by atoms with E-state index < -0.39 is 0 Å². The zero-order chi connectivity index (χ0) is 14.5. The summed E-state index contributed by atoms with van der Waals surface area (Å²) in [4.78, 5) is 2.51. The van der Waals surface area contributed by atoms with Crippen LogP contribution in [0.15, 0.2) is 12.3 Å². The van der Waals surface area contributed by atoms with Crippen molar-refractivity contribution >= 4 is 0 Å². The lowest BCUT2D eigenvalue weighted by atomic mass is 9.89. The quantitative estimate of drug-likeness (QED) is 0.785. The summed E-state index contributed by atoms with van der Waals surface area (Å²) in [5.74, 6) is 0. The lowest BCUT2D eigenvalue weighted by Gasteiger charge is -2.43. The van der Waals surface area contributed by atoms with E-state index in [1.54, 1.807) is 0 Å². The van der Waals surface area contributed by atoms with Crippen molar-refractivity contribution in [2.75, 3.05) is 19.6 Å². The van der Waals surface area contributed by atoms with Gasteiger partial charge in [-0.2, -0.15) is 5.10 Å². The Hall–Kier alpha value is -0.870. The maximum absolute atomic E-state index is 4.33. The van der Waals surface area contributed by atoms with Crippen LogP contribution in [0.1, 0.15) is 52.8 Å². The molecule has 19 heavy (non-hydrogen) atoms. The Morgan fingerprint density at radius 3 is 2.37 bits per heavy atom. The molecular weight excluding hydrogens is 236 g/mol. The molecule has 1 unspecified atom stereocenters. The fourth-order valence-electron chi connectivity index (χ4n) is 2.89. The molecule has 1 atom stereocenters. The fourth-order valence-corrected chi connectivity index (χ4v) is 2.89. The van der Waals surface area contributed by atoms with Gasteiger partial charge in [0.2, 0.25) is 0 Å². The Bertz CT molecular complexity index is 366. The first-order valence-corrected chi connectivity index (χ1v) is 7.45. The minimum Gasteiger partial charge on any atom is -0.307 e. The van der Waals surface area contributed by atoms with E-state index in [-0.39, 0.29) is 5.54 Å². The van der Waals surface area contributed by atoms with Gasteiger partial charge in [-0.1, -0.05) is 20.8 Å². The normalized spacial score (nSPS) is 14.1. The van der Waals surface area contributed by atoms with Crippen molar-refractivity contribution in [3.8, 4) is 0 Å². The van der Waals surface area contributed by atoms with Crippen LogP contribution in [0.5, 0.6) is 0 Å². The van der Waals surface area contributed by atoms with Crippen LogP contribution < -0.4 is 5.32 Å². The third kappa shape index (κ3) is 3.57. The van der Waals surface area contributed by atoms with Crippen LogP contribution in [0.3, 0.4) is 0 Å². The number of rotatable bonds is 8. The maximum Gasteiger partial charge on any atom is 0.0673 e. The molecule has 0 aliphatic rings. The molecule has 0 aliphatic carbocycles. The highest BCUT2D eigenvalue weighted by molar-refractivity contribution is 5.13. The first-order chi connectivity index (χ1) is 8.98. The van der Waals surface area contributed by atoms with E-state index in [0.29, 0.717) is 6.04 Å². The summed E-state index contributed by atoms with van der Waals surface area (Å²) in [6.45, 7) is 14.5. The molecule has 1 N–H and O–H groups in total. The summed E-state index contributed by atoms with van der Waals surface area (Å²) in [6, 6.07) is 2.42. The first kappa shape index (κ1) is 16.2. The molecular formula is C15H30N4. The smallest absolute Gasteiger partial charge is 0.0673 e. The third-order valence-corrected chi connectivity index (χ3v) is 4.04. The van der Waals surface area contributed by atoms with E-state index in [1.807, 2.05) is 17.9 Å². The van der Waals surface area contributed by atoms with Gasteiger partial charge in [-0.3, -0.25) is 9.58 Å². The van der Waals surface area contributed by atoms with E-state index in [1.165, 1.54) is 5.69 Å². The second-order valence-corrected chi connectivity index (χ2v) is 5.59. The lowest BCUT2D eigenvalue weighted by molar-refractivity contribution is 0.0879. The fraction of sp³-hybridized carbons (Fsp3) is 0.800. The van der Waals surface area contributed by atoms with Crippen molar-refractivity contribution in [3.63, 3.8) is 0 Å². The molecule has 0 bridgehead atoms. The van der Waals surface area contributed by atoms with Gasteiger partial charge in [0.05, 0.1) is 11.7 Å². The average molecular weight is 266 g/mol. The number of hydrogen-bond donors (Lipinski definition) is 1. The second-order valence-electron chi connectivity index (χ2n) is 5.59. The maximum atomic E-state index is 4.33. The van der Waals surface area contributed by atoms with Gasteiger partial charge in [0.25, 0.3) is 0 Å². The van der Waals surface area contributed by atoms with Gasteiger partial charge in [0.1, 0.15) is 0 Å². The van der Waals surface area contributed by atoms with E-state index in [2.05, 4.69) is 56.0 Å². The van der Waals surface area contributed by atoms with E-state index in [4.69, 9.17) is 0 Å². The Morgan fingerprint density at radius 1 is 1.32 bits per heavy atom. The largest absolute Gasteiger partial charge is 0.307 e. The molecule has 1 aromatic rings. The highest BCUT2D eigenvalue weighted by Gasteiger charge is 2.36. The summed E-state index contributed by atoms with van der Waals surface area (Å²) in [5, 5.41) is 8.03. The van der Waals surface area contributed by atoms with Crippen molar-refractivity contribution < 1.29 is 0 Å². The van der Waals surface area contributed by atoms with Gasteiger partial charge >= 0.3 is 0 Å². The Kier molecular flexibility index (Phi) is 6.01. The van der Waals surface area contributed by atoms with Gasteiger partial charge in [-0.05, 0) is 46.0 Å². The summed E-state index contributed by atoms with van der Waals surface area (Å²) < 4.78 is 1.98. The minimum absolute atomic E-state index is 0.0620.